The number of aryl methyl sites for hydroxylation is 2. The molecule has 0 N–H and O–H groups in total. The Morgan fingerprint density at radius 1 is 1.14 bits per heavy atom. The van der Waals surface area contributed by atoms with E-state index in [4.69, 9.17) is 0 Å². The minimum absolute atomic E-state index is 0.470. The van der Waals surface area contributed by atoms with Crippen LogP contribution in [-0.2, 0) is 32.1 Å². The smallest absolute Gasteiger partial charge is 0.344 e. The van der Waals surface area contributed by atoms with Gasteiger partial charge < -0.3 is 9.47 Å². The molecule has 0 fully saturated rings. The van der Waals surface area contributed by atoms with Crippen molar-refractivity contribution in [3.05, 3.63) is 64.6 Å². The molecule has 0 saturated carbocycles. The first kappa shape index (κ1) is 20.0. The highest BCUT2D eigenvalue weighted by Gasteiger charge is 2.32. The Morgan fingerprint density at radius 2 is 1.93 bits per heavy atom. The van der Waals surface area contributed by atoms with Gasteiger partial charge in [-0.3, -0.25) is 4.98 Å². The lowest BCUT2D eigenvalue weighted by Gasteiger charge is -2.24. The third-order valence-electron chi connectivity index (χ3n) is 5.87. The molecule has 0 saturated heterocycles. The van der Waals surface area contributed by atoms with Gasteiger partial charge in [-0.15, -0.1) is 0 Å². The molecule has 3 heterocycles. The number of halogens is 3. The van der Waals surface area contributed by atoms with Crippen molar-refractivity contribution in [2.24, 2.45) is 0 Å². The lowest BCUT2D eigenvalue weighted by atomic mass is 9.98. The molecule has 3 nitrogen and oxygen atoms in total. The van der Waals surface area contributed by atoms with Crippen molar-refractivity contribution in [1.29, 1.82) is 0 Å². The topological polar surface area (TPSA) is 21.1 Å². The van der Waals surface area contributed by atoms with Crippen LogP contribution in [0.3, 0.4) is 0 Å². The van der Waals surface area contributed by atoms with E-state index in [1.54, 1.807) is 6.07 Å². The summed E-state index contributed by atoms with van der Waals surface area (Å²) in [5, 5.41) is 1.31. The molecule has 2 aromatic heterocycles. The second-order valence-corrected chi connectivity index (χ2v) is 8.30. The van der Waals surface area contributed by atoms with Crippen molar-refractivity contribution >= 4 is 10.9 Å². The van der Waals surface area contributed by atoms with Crippen LogP contribution in [-0.4, -0.2) is 28.0 Å². The predicted molar refractivity (Wildman–Crippen MR) is 109 cm³/mol. The van der Waals surface area contributed by atoms with Crippen LogP contribution in [0.15, 0.2) is 36.5 Å². The monoisotopic (exact) mass is 401 g/mol. The Kier molecular flexibility index (Phi) is 5.15. The summed E-state index contributed by atoms with van der Waals surface area (Å²) in [6.45, 7) is 7.09. The summed E-state index contributed by atoms with van der Waals surface area (Å²) in [4.78, 5) is 5.94. The van der Waals surface area contributed by atoms with Crippen molar-refractivity contribution < 1.29 is 13.2 Å². The van der Waals surface area contributed by atoms with Crippen LogP contribution in [0, 0.1) is 0 Å². The maximum atomic E-state index is 12.7. The van der Waals surface area contributed by atoms with E-state index < -0.39 is 11.9 Å². The van der Waals surface area contributed by atoms with Crippen LogP contribution in [0.1, 0.15) is 47.8 Å². The van der Waals surface area contributed by atoms with Crippen molar-refractivity contribution in [2.45, 2.75) is 51.9 Å². The van der Waals surface area contributed by atoms with Crippen molar-refractivity contribution in [3.8, 4) is 0 Å². The van der Waals surface area contributed by atoms with Crippen LogP contribution < -0.4 is 0 Å². The SMILES string of the molecule is CC(C)c1ccc2c(c1)c1c(n2CCc2ccc(C(F)(F)F)nc2)CCN(C)C1. The van der Waals surface area contributed by atoms with Gasteiger partial charge in [0.05, 0.1) is 0 Å². The van der Waals surface area contributed by atoms with Crippen molar-refractivity contribution in [2.75, 3.05) is 13.6 Å². The molecule has 1 aliphatic rings. The fourth-order valence-corrected chi connectivity index (χ4v) is 4.20. The molecule has 4 rings (SSSR count). The molecule has 0 aliphatic carbocycles. The third-order valence-corrected chi connectivity index (χ3v) is 5.87. The fourth-order valence-electron chi connectivity index (χ4n) is 4.20. The highest BCUT2D eigenvalue weighted by Crippen LogP contribution is 2.33. The van der Waals surface area contributed by atoms with Crippen LogP contribution >= 0.6 is 0 Å². The summed E-state index contributed by atoms with van der Waals surface area (Å²) >= 11 is 0. The standard InChI is InChI=1S/C23H26F3N3/c1-15(2)17-5-6-20-18(12-17)19-14-28(3)10-9-21(19)29(20)11-8-16-4-7-22(27-13-16)23(24,25)26/h4-7,12-13,15H,8-11,14H2,1-3H3. The van der Waals surface area contributed by atoms with E-state index in [2.05, 4.69) is 53.5 Å². The summed E-state index contributed by atoms with van der Waals surface area (Å²) < 4.78 is 40.6. The largest absolute Gasteiger partial charge is 0.433 e. The average Bonchev–Trinajstić information content (AvgIpc) is 2.98. The van der Waals surface area contributed by atoms with Gasteiger partial charge in [-0.2, -0.15) is 13.2 Å². The number of hydrogen-bond acceptors (Lipinski definition) is 2. The van der Waals surface area contributed by atoms with E-state index in [1.807, 2.05) is 0 Å². The molecular formula is C23H26F3N3. The minimum atomic E-state index is -4.39. The number of alkyl halides is 3. The lowest BCUT2D eigenvalue weighted by molar-refractivity contribution is -0.141. The van der Waals surface area contributed by atoms with E-state index in [0.717, 1.165) is 37.7 Å². The molecule has 0 atom stereocenters. The Morgan fingerprint density at radius 3 is 2.59 bits per heavy atom. The number of benzene rings is 1. The van der Waals surface area contributed by atoms with E-state index in [9.17, 15) is 13.2 Å². The highest BCUT2D eigenvalue weighted by atomic mass is 19.4. The summed E-state index contributed by atoms with van der Waals surface area (Å²) in [7, 11) is 2.15. The Hall–Kier alpha value is -2.34. The molecule has 0 spiro atoms. The first-order chi connectivity index (χ1) is 13.7. The average molecular weight is 401 g/mol. The number of rotatable bonds is 4. The Bertz CT molecular complexity index is 1020. The van der Waals surface area contributed by atoms with Gasteiger partial charge in [-0.1, -0.05) is 26.0 Å². The van der Waals surface area contributed by atoms with Gasteiger partial charge in [-0.05, 0) is 54.3 Å². The van der Waals surface area contributed by atoms with E-state index in [-0.39, 0.29) is 0 Å². The summed E-state index contributed by atoms with van der Waals surface area (Å²) in [5.41, 5.74) is 5.28. The molecule has 29 heavy (non-hydrogen) atoms. The molecule has 0 radical (unpaired) electrons. The van der Waals surface area contributed by atoms with Crippen molar-refractivity contribution in [3.63, 3.8) is 0 Å². The second kappa shape index (κ2) is 7.48. The van der Waals surface area contributed by atoms with Gasteiger partial charge >= 0.3 is 6.18 Å². The zero-order valence-electron chi connectivity index (χ0n) is 17.1. The number of likely N-dealkylation sites (N-methyl/N-ethyl adjacent to an activating group) is 1. The van der Waals surface area contributed by atoms with Crippen LogP contribution in [0.4, 0.5) is 13.2 Å². The van der Waals surface area contributed by atoms with Crippen LogP contribution in [0.25, 0.3) is 10.9 Å². The third kappa shape index (κ3) is 3.90. The molecular weight excluding hydrogens is 375 g/mol. The minimum Gasteiger partial charge on any atom is -0.344 e. The first-order valence-corrected chi connectivity index (χ1v) is 10.1. The van der Waals surface area contributed by atoms with Gasteiger partial charge in [0.15, 0.2) is 0 Å². The predicted octanol–water partition coefficient (Wildman–Crippen LogP) is 5.41. The molecule has 0 amide bonds. The molecule has 3 aromatic rings. The molecule has 6 heteroatoms. The molecule has 154 valence electrons. The zero-order chi connectivity index (χ0) is 20.8. The molecule has 1 aromatic carbocycles. The number of hydrogen-bond donors (Lipinski definition) is 0. The molecule has 0 unspecified atom stereocenters. The summed E-state index contributed by atoms with van der Waals surface area (Å²) in [5.74, 6) is 0.470. The highest BCUT2D eigenvalue weighted by molar-refractivity contribution is 5.86. The maximum Gasteiger partial charge on any atom is 0.433 e. The maximum absolute atomic E-state index is 12.7. The van der Waals surface area contributed by atoms with E-state index >= 15 is 0 Å². The van der Waals surface area contributed by atoms with Gasteiger partial charge in [0, 0.05) is 48.8 Å². The van der Waals surface area contributed by atoms with E-state index in [0.29, 0.717) is 12.3 Å². The number of nitrogens with zero attached hydrogens (tertiary/aromatic N) is 3. The van der Waals surface area contributed by atoms with Crippen LogP contribution in [0.2, 0.25) is 0 Å². The molecule has 0 bridgehead atoms. The summed E-state index contributed by atoms with van der Waals surface area (Å²) in [6, 6.07) is 9.32. The first-order valence-electron chi connectivity index (χ1n) is 10.1. The second-order valence-electron chi connectivity index (χ2n) is 8.30. The quantitative estimate of drug-likeness (QED) is 0.583. The zero-order valence-corrected chi connectivity index (χ0v) is 17.1. The van der Waals surface area contributed by atoms with Gasteiger partial charge in [0.1, 0.15) is 5.69 Å². The number of pyridine rings is 1. The van der Waals surface area contributed by atoms with Crippen molar-refractivity contribution in [1.82, 2.24) is 14.5 Å². The van der Waals surface area contributed by atoms with Gasteiger partial charge in [0.25, 0.3) is 0 Å². The van der Waals surface area contributed by atoms with Gasteiger partial charge in [-0.25, -0.2) is 0 Å². The van der Waals surface area contributed by atoms with E-state index in [1.165, 1.54) is 33.9 Å². The summed E-state index contributed by atoms with van der Waals surface area (Å²) in [6.07, 6.45) is -1.40. The Labute approximate surface area is 169 Å². The fraction of sp³-hybridized carbons (Fsp3) is 0.435. The number of fused-ring (bicyclic) bond motifs is 3. The molecule has 1 aliphatic heterocycles. The van der Waals surface area contributed by atoms with Crippen LogP contribution in [0.5, 0.6) is 0 Å². The Balaban J connectivity index is 1.66. The number of aromatic nitrogens is 2. The normalized spacial score (nSPS) is 15.3. The lowest BCUT2D eigenvalue weighted by Crippen LogP contribution is -2.27. The van der Waals surface area contributed by atoms with Gasteiger partial charge in [0.2, 0.25) is 0 Å².